The molecule has 0 unspecified atom stereocenters. The molecular formula is C21H25FN2O. The van der Waals surface area contributed by atoms with Crippen LogP contribution in [0, 0.1) is 11.7 Å². The van der Waals surface area contributed by atoms with E-state index in [2.05, 4.69) is 34.5 Å². The fourth-order valence-corrected chi connectivity index (χ4v) is 3.46. The monoisotopic (exact) mass is 340 g/mol. The summed E-state index contributed by atoms with van der Waals surface area (Å²) in [5.74, 6) is 0.122. The van der Waals surface area contributed by atoms with E-state index in [1.807, 2.05) is 13.0 Å². The number of hydrogen-bond donors (Lipinski definition) is 1. The summed E-state index contributed by atoms with van der Waals surface area (Å²) in [5.41, 5.74) is 1.63. The van der Waals surface area contributed by atoms with Crippen LogP contribution in [0.2, 0.25) is 0 Å². The number of likely N-dealkylation sites (tertiary alicyclic amines) is 1. The molecule has 1 saturated heterocycles. The average molecular weight is 340 g/mol. The number of carbonyl (C=O) groups is 1. The molecule has 3 nitrogen and oxygen atoms in total. The van der Waals surface area contributed by atoms with E-state index in [1.165, 1.54) is 11.6 Å². The smallest absolute Gasteiger partial charge is 0.241 e. The molecule has 3 rings (SSSR count). The van der Waals surface area contributed by atoms with Gasteiger partial charge in [0.15, 0.2) is 0 Å². The Morgan fingerprint density at radius 2 is 1.76 bits per heavy atom. The second-order valence-electron chi connectivity index (χ2n) is 6.81. The number of para-hydroxylation sites is 1. The number of nitrogens with one attached hydrogen (secondary N) is 1. The molecule has 0 saturated carbocycles. The molecule has 0 aliphatic carbocycles. The molecule has 1 heterocycles. The number of amides is 1. The van der Waals surface area contributed by atoms with Crippen molar-refractivity contribution < 1.29 is 9.18 Å². The number of benzene rings is 2. The van der Waals surface area contributed by atoms with Crippen LogP contribution in [0.5, 0.6) is 0 Å². The molecular weight excluding hydrogens is 315 g/mol. The first-order valence-electron chi connectivity index (χ1n) is 8.97. The van der Waals surface area contributed by atoms with Crippen LogP contribution in [0.3, 0.4) is 0 Å². The van der Waals surface area contributed by atoms with Crippen molar-refractivity contribution in [1.82, 2.24) is 4.90 Å². The van der Waals surface area contributed by atoms with Crippen LogP contribution in [-0.2, 0) is 11.2 Å². The summed E-state index contributed by atoms with van der Waals surface area (Å²) in [4.78, 5) is 14.6. The van der Waals surface area contributed by atoms with Crippen LogP contribution in [0.25, 0.3) is 0 Å². The zero-order valence-corrected chi connectivity index (χ0v) is 14.6. The summed E-state index contributed by atoms with van der Waals surface area (Å²) in [6.07, 6.45) is 3.28. The van der Waals surface area contributed by atoms with Crippen molar-refractivity contribution in [2.24, 2.45) is 5.92 Å². The Kier molecular flexibility index (Phi) is 5.82. The van der Waals surface area contributed by atoms with Crippen LogP contribution >= 0.6 is 0 Å². The molecule has 1 aliphatic rings. The van der Waals surface area contributed by atoms with E-state index in [-0.39, 0.29) is 17.6 Å². The molecule has 1 N–H and O–H groups in total. The highest BCUT2D eigenvalue weighted by Gasteiger charge is 2.27. The first kappa shape index (κ1) is 17.6. The van der Waals surface area contributed by atoms with Gasteiger partial charge in [-0.05, 0) is 62.9 Å². The fraction of sp³-hybridized carbons (Fsp3) is 0.381. The van der Waals surface area contributed by atoms with E-state index in [4.69, 9.17) is 0 Å². The predicted octanol–water partition coefficient (Wildman–Crippen LogP) is 4.11. The van der Waals surface area contributed by atoms with E-state index < -0.39 is 5.82 Å². The minimum absolute atomic E-state index is 0.147. The summed E-state index contributed by atoms with van der Waals surface area (Å²) in [6, 6.07) is 16.6. The lowest BCUT2D eigenvalue weighted by Gasteiger charge is -2.35. The second-order valence-corrected chi connectivity index (χ2v) is 6.81. The third-order valence-corrected chi connectivity index (χ3v) is 5.08. The number of anilines is 1. The summed E-state index contributed by atoms with van der Waals surface area (Å²) >= 11 is 0. The molecule has 2 aromatic carbocycles. The van der Waals surface area contributed by atoms with Crippen molar-refractivity contribution in [3.63, 3.8) is 0 Å². The van der Waals surface area contributed by atoms with E-state index >= 15 is 0 Å². The molecule has 0 spiro atoms. The largest absolute Gasteiger partial charge is 0.322 e. The van der Waals surface area contributed by atoms with E-state index in [0.717, 1.165) is 32.4 Å². The van der Waals surface area contributed by atoms with Gasteiger partial charge < -0.3 is 5.32 Å². The van der Waals surface area contributed by atoms with Crippen molar-refractivity contribution >= 4 is 11.6 Å². The van der Waals surface area contributed by atoms with Gasteiger partial charge in [-0.1, -0.05) is 42.5 Å². The van der Waals surface area contributed by atoms with Gasteiger partial charge in [0.05, 0.1) is 11.7 Å². The molecule has 1 aliphatic heterocycles. The minimum atomic E-state index is -0.399. The quantitative estimate of drug-likeness (QED) is 0.888. The van der Waals surface area contributed by atoms with Crippen LogP contribution in [-0.4, -0.2) is 29.9 Å². The van der Waals surface area contributed by atoms with Crippen LogP contribution < -0.4 is 5.32 Å². The highest BCUT2D eigenvalue weighted by molar-refractivity contribution is 5.94. The number of hydrogen-bond acceptors (Lipinski definition) is 2. The molecule has 132 valence electrons. The van der Waals surface area contributed by atoms with Gasteiger partial charge >= 0.3 is 0 Å². The van der Waals surface area contributed by atoms with E-state index in [9.17, 15) is 9.18 Å². The van der Waals surface area contributed by atoms with Crippen molar-refractivity contribution in [2.75, 3.05) is 18.4 Å². The molecule has 1 fully saturated rings. The number of carbonyl (C=O) groups excluding carboxylic acids is 1. The second kappa shape index (κ2) is 8.26. The Morgan fingerprint density at radius 3 is 2.44 bits per heavy atom. The molecule has 1 atom stereocenters. The Hall–Kier alpha value is -2.20. The van der Waals surface area contributed by atoms with Crippen LogP contribution in [0.1, 0.15) is 25.3 Å². The van der Waals surface area contributed by atoms with Gasteiger partial charge in [0.1, 0.15) is 5.82 Å². The Morgan fingerprint density at radius 1 is 1.12 bits per heavy atom. The van der Waals surface area contributed by atoms with Crippen molar-refractivity contribution in [2.45, 2.75) is 32.2 Å². The number of rotatable bonds is 5. The molecule has 0 aromatic heterocycles. The first-order valence-corrected chi connectivity index (χ1v) is 8.97. The van der Waals surface area contributed by atoms with Crippen LogP contribution in [0.4, 0.5) is 10.1 Å². The van der Waals surface area contributed by atoms with Gasteiger partial charge in [-0.2, -0.15) is 0 Å². The first-order chi connectivity index (χ1) is 12.1. The van der Waals surface area contributed by atoms with E-state index in [1.54, 1.807) is 18.2 Å². The third-order valence-electron chi connectivity index (χ3n) is 5.08. The normalized spacial score (nSPS) is 17.2. The summed E-state index contributed by atoms with van der Waals surface area (Å²) < 4.78 is 13.7. The number of piperidine rings is 1. The fourth-order valence-electron chi connectivity index (χ4n) is 3.46. The zero-order chi connectivity index (χ0) is 17.6. The van der Waals surface area contributed by atoms with Crippen LogP contribution in [0.15, 0.2) is 54.6 Å². The van der Waals surface area contributed by atoms with Crippen molar-refractivity contribution in [1.29, 1.82) is 0 Å². The molecule has 2 aromatic rings. The minimum Gasteiger partial charge on any atom is -0.322 e. The predicted molar refractivity (Wildman–Crippen MR) is 98.9 cm³/mol. The molecule has 0 bridgehead atoms. The van der Waals surface area contributed by atoms with Gasteiger partial charge in [0.2, 0.25) is 5.91 Å². The maximum absolute atomic E-state index is 13.7. The van der Waals surface area contributed by atoms with E-state index in [0.29, 0.717) is 5.92 Å². The van der Waals surface area contributed by atoms with Crippen molar-refractivity contribution in [3.05, 3.63) is 66.0 Å². The summed E-state index contributed by atoms with van der Waals surface area (Å²) in [7, 11) is 0. The summed E-state index contributed by atoms with van der Waals surface area (Å²) in [6.45, 7) is 3.71. The number of nitrogens with zero attached hydrogens (tertiary/aromatic N) is 1. The summed E-state index contributed by atoms with van der Waals surface area (Å²) in [5, 5.41) is 2.70. The van der Waals surface area contributed by atoms with Gasteiger partial charge in [-0.3, -0.25) is 9.69 Å². The molecule has 25 heavy (non-hydrogen) atoms. The molecule has 0 radical (unpaired) electrons. The lowest BCUT2D eigenvalue weighted by molar-refractivity contribution is -0.121. The standard InChI is InChI=1S/C21H25FN2O/c1-16(21(25)23-20-10-6-5-9-19(20)22)24-13-11-18(12-14-24)15-17-7-3-2-4-8-17/h2-10,16,18H,11-15H2,1H3,(H,23,25)/t16-/m1/s1. The van der Waals surface area contributed by atoms with Gasteiger partial charge in [0, 0.05) is 0 Å². The lowest BCUT2D eigenvalue weighted by atomic mass is 9.89. The highest BCUT2D eigenvalue weighted by atomic mass is 19.1. The highest BCUT2D eigenvalue weighted by Crippen LogP contribution is 2.23. The Bertz CT molecular complexity index is 696. The molecule has 4 heteroatoms. The lowest BCUT2D eigenvalue weighted by Crippen LogP contribution is -2.46. The average Bonchev–Trinajstić information content (AvgIpc) is 2.64. The maximum atomic E-state index is 13.7. The Balaban J connectivity index is 1.50. The molecule has 1 amide bonds. The topological polar surface area (TPSA) is 32.3 Å². The van der Waals surface area contributed by atoms with Gasteiger partial charge in [0.25, 0.3) is 0 Å². The Labute approximate surface area is 148 Å². The number of halogens is 1. The SMILES string of the molecule is C[C@H](C(=O)Nc1ccccc1F)N1CCC(Cc2ccccc2)CC1. The van der Waals surface area contributed by atoms with Gasteiger partial charge in [-0.25, -0.2) is 4.39 Å². The third kappa shape index (κ3) is 4.67. The zero-order valence-electron chi connectivity index (χ0n) is 14.6. The van der Waals surface area contributed by atoms with Crippen molar-refractivity contribution in [3.8, 4) is 0 Å². The maximum Gasteiger partial charge on any atom is 0.241 e. The van der Waals surface area contributed by atoms with Gasteiger partial charge in [-0.15, -0.1) is 0 Å².